The first-order chi connectivity index (χ1) is 8.45. The minimum atomic E-state index is -4.13. The van der Waals surface area contributed by atoms with Crippen molar-refractivity contribution in [2.75, 3.05) is 6.54 Å². The normalized spacial score (nSPS) is 29.1. The zero-order valence-electron chi connectivity index (χ0n) is 10.2. The van der Waals surface area contributed by atoms with Gasteiger partial charge in [0, 0.05) is 12.1 Å². The monoisotopic (exact) mass is 264 g/mol. The van der Waals surface area contributed by atoms with Gasteiger partial charge in [0.05, 0.1) is 12.5 Å². The third kappa shape index (κ3) is 4.15. The first-order valence-corrected chi connectivity index (χ1v) is 6.54. The average Bonchev–Trinajstić information content (AvgIpc) is 3.09. The Balaban J connectivity index is 1.72. The number of halogens is 3. The first kappa shape index (κ1) is 13.6. The molecule has 0 aromatic rings. The smallest absolute Gasteiger partial charge is 0.352 e. The van der Waals surface area contributed by atoms with Crippen LogP contribution in [0.3, 0.4) is 0 Å². The fourth-order valence-electron chi connectivity index (χ4n) is 2.42. The summed E-state index contributed by atoms with van der Waals surface area (Å²) in [6.07, 6.45) is -0.544. The van der Waals surface area contributed by atoms with E-state index in [4.69, 9.17) is 0 Å². The van der Waals surface area contributed by atoms with Gasteiger partial charge in [-0.1, -0.05) is 6.42 Å². The van der Waals surface area contributed by atoms with Crippen LogP contribution in [0, 0.1) is 5.92 Å². The van der Waals surface area contributed by atoms with Gasteiger partial charge in [-0.15, -0.1) is 0 Å². The van der Waals surface area contributed by atoms with E-state index in [1.54, 1.807) is 0 Å². The van der Waals surface area contributed by atoms with Crippen LogP contribution in [0.1, 0.15) is 38.5 Å². The Morgan fingerprint density at radius 3 is 2.44 bits per heavy atom. The van der Waals surface area contributed by atoms with Gasteiger partial charge in [-0.25, -0.2) is 0 Å². The van der Waals surface area contributed by atoms with Gasteiger partial charge in [0.2, 0.25) is 5.91 Å². The molecule has 0 bridgehead atoms. The van der Waals surface area contributed by atoms with Gasteiger partial charge in [0.15, 0.2) is 0 Å². The number of hydrogen-bond acceptors (Lipinski definition) is 2. The van der Waals surface area contributed by atoms with Crippen LogP contribution in [-0.2, 0) is 4.79 Å². The maximum absolute atomic E-state index is 12.6. The first-order valence-electron chi connectivity index (χ1n) is 6.54. The SMILES string of the molecule is O=C(CNC1CC1)NC1CCCC(C(F)(F)F)C1. The second kappa shape index (κ2) is 5.47. The van der Waals surface area contributed by atoms with E-state index < -0.39 is 12.1 Å². The van der Waals surface area contributed by atoms with E-state index in [0.717, 1.165) is 12.8 Å². The lowest BCUT2D eigenvalue weighted by molar-refractivity contribution is -0.184. The van der Waals surface area contributed by atoms with Crippen molar-refractivity contribution in [3.8, 4) is 0 Å². The summed E-state index contributed by atoms with van der Waals surface area (Å²) >= 11 is 0. The summed E-state index contributed by atoms with van der Waals surface area (Å²) in [7, 11) is 0. The molecule has 0 radical (unpaired) electrons. The predicted molar refractivity (Wildman–Crippen MR) is 61.0 cm³/mol. The Bertz CT molecular complexity index is 302. The third-order valence-electron chi connectivity index (χ3n) is 3.63. The molecule has 2 fully saturated rings. The van der Waals surface area contributed by atoms with Crippen LogP contribution in [-0.4, -0.2) is 30.7 Å². The molecule has 104 valence electrons. The molecule has 0 aromatic heterocycles. The Morgan fingerprint density at radius 1 is 1.11 bits per heavy atom. The summed E-state index contributed by atoms with van der Waals surface area (Å²) in [6, 6.07) is 0.115. The number of hydrogen-bond donors (Lipinski definition) is 2. The lowest BCUT2D eigenvalue weighted by Crippen LogP contribution is -2.44. The molecule has 3 nitrogen and oxygen atoms in total. The highest BCUT2D eigenvalue weighted by molar-refractivity contribution is 5.78. The summed E-state index contributed by atoms with van der Waals surface area (Å²) in [5.74, 6) is -1.44. The molecule has 1 amide bonds. The highest BCUT2D eigenvalue weighted by Crippen LogP contribution is 2.37. The average molecular weight is 264 g/mol. The van der Waals surface area contributed by atoms with Crippen molar-refractivity contribution >= 4 is 5.91 Å². The van der Waals surface area contributed by atoms with Gasteiger partial charge in [-0.05, 0) is 32.1 Å². The maximum Gasteiger partial charge on any atom is 0.391 e. The quantitative estimate of drug-likeness (QED) is 0.815. The van der Waals surface area contributed by atoms with Gasteiger partial charge in [0.1, 0.15) is 0 Å². The van der Waals surface area contributed by atoms with Crippen LogP contribution in [0.2, 0.25) is 0 Å². The zero-order valence-corrected chi connectivity index (χ0v) is 10.2. The summed E-state index contributed by atoms with van der Waals surface area (Å²) < 4.78 is 37.8. The highest BCUT2D eigenvalue weighted by atomic mass is 19.4. The number of nitrogens with one attached hydrogen (secondary N) is 2. The molecular weight excluding hydrogens is 245 g/mol. The molecule has 0 saturated heterocycles. The van der Waals surface area contributed by atoms with Crippen LogP contribution in [0.25, 0.3) is 0 Å². The Kier molecular flexibility index (Phi) is 4.14. The largest absolute Gasteiger partial charge is 0.391 e. The molecule has 0 aromatic carbocycles. The summed E-state index contributed by atoms with van der Waals surface area (Å²) in [6.45, 7) is 0.220. The molecule has 2 unspecified atom stereocenters. The van der Waals surface area contributed by atoms with Crippen molar-refractivity contribution in [1.82, 2.24) is 10.6 Å². The summed E-state index contributed by atoms with van der Waals surface area (Å²) in [5, 5.41) is 5.76. The number of carbonyl (C=O) groups is 1. The molecule has 2 aliphatic rings. The number of amides is 1. The van der Waals surface area contributed by atoms with Gasteiger partial charge in [-0.3, -0.25) is 4.79 Å². The lowest BCUT2D eigenvalue weighted by atomic mass is 9.85. The Morgan fingerprint density at radius 2 is 1.83 bits per heavy atom. The molecule has 18 heavy (non-hydrogen) atoms. The number of alkyl halides is 3. The van der Waals surface area contributed by atoms with Crippen molar-refractivity contribution in [3.05, 3.63) is 0 Å². The zero-order chi connectivity index (χ0) is 13.2. The van der Waals surface area contributed by atoms with E-state index in [0.29, 0.717) is 18.9 Å². The van der Waals surface area contributed by atoms with Crippen molar-refractivity contribution in [3.63, 3.8) is 0 Å². The van der Waals surface area contributed by atoms with Gasteiger partial charge in [0.25, 0.3) is 0 Å². The second-order valence-corrected chi connectivity index (χ2v) is 5.32. The number of rotatable bonds is 4. The van der Waals surface area contributed by atoms with E-state index in [-0.39, 0.29) is 31.3 Å². The van der Waals surface area contributed by atoms with E-state index in [9.17, 15) is 18.0 Å². The highest BCUT2D eigenvalue weighted by Gasteiger charge is 2.42. The van der Waals surface area contributed by atoms with Crippen molar-refractivity contribution in [1.29, 1.82) is 0 Å². The summed E-state index contributed by atoms with van der Waals surface area (Å²) in [5.41, 5.74) is 0. The number of carbonyl (C=O) groups excluding carboxylic acids is 1. The van der Waals surface area contributed by atoms with Gasteiger partial charge in [-0.2, -0.15) is 13.2 Å². The topological polar surface area (TPSA) is 41.1 Å². The molecule has 2 saturated carbocycles. The van der Waals surface area contributed by atoms with Crippen LogP contribution in [0.5, 0.6) is 0 Å². The van der Waals surface area contributed by atoms with Crippen LogP contribution >= 0.6 is 0 Å². The van der Waals surface area contributed by atoms with E-state index in [1.807, 2.05) is 0 Å². The predicted octanol–water partition coefficient (Wildman–Crippen LogP) is 1.98. The fraction of sp³-hybridized carbons (Fsp3) is 0.917. The molecule has 2 atom stereocenters. The van der Waals surface area contributed by atoms with E-state index >= 15 is 0 Å². The molecule has 6 heteroatoms. The van der Waals surface area contributed by atoms with Crippen LogP contribution in [0.15, 0.2) is 0 Å². The molecule has 2 aliphatic carbocycles. The molecular formula is C12H19F3N2O. The van der Waals surface area contributed by atoms with Crippen LogP contribution in [0.4, 0.5) is 13.2 Å². The minimum absolute atomic E-state index is 0.0265. The lowest BCUT2D eigenvalue weighted by Gasteiger charge is -2.31. The Labute approximate surface area is 104 Å². The van der Waals surface area contributed by atoms with Gasteiger partial charge < -0.3 is 10.6 Å². The fourth-order valence-corrected chi connectivity index (χ4v) is 2.42. The van der Waals surface area contributed by atoms with Crippen molar-refractivity contribution in [2.24, 2.45) is 5.92 Å². The van der Waals surface area contributed by atoms with Crippen molar-refractivity contribution < 1.29 is 18.0 Å². The standard InChI is InChI=1S/C12H19F3N2O/c13-12(14,15)8-2-1-3-10(6-8)17-11(18)7-16-9-4-5-9/h8-10,16H,1-7H2,(H,17,18). The third-order valence-corrected chi connectivity index (χ3v) is 3.63. The van der Waals surface area contributed by atoms with E-state index in [2.05, 4.69) is 10.6 Å². The molecule has 0 spiro atoms. The van der Waals surface area contributed by atoms with Crippen LogP contribution < -0.4 is 10.6 Å². The second-order valence-electron chi connectivity index (χ2n) is 5.32. The molecule has 2 N–H and O–H groups in total. The van der Waals surface area contributed by atoms with E-state index in [1.165, 1.54) is 0 Å². The summed E-state index contributed by atoms with van der Waals surface area (Å²) in [4.78, 5) is 11.5. The Hall–Kier alpha value is -0.780. The minimum Gasteiger partial charge on any atom is -0.352 e. The molecule has 0 heterocycles. The molecule has 2 rings (SSSR count). The maximum atomic E-state index is 12.6. The molecule has 0 aliphatic heterocycles. The van der Waals surface area contributed by atoms with Gasteiger partial charge >= 0.3 is 6.18 Å². The van der Waals surface area contributed by atoms with Crippen molar-refractivity contribution in [2.45, 2.75) is 56.8 Å².